The third-order valence-electron chi connectivity index (χ3n) is 7.36. The predicted molar refractivity (Wildman–Crippen MR) is 135 cm³/mol. The molecule has 1 saturated carbocycles. The molecule has 1 aliphatic heterocycles. The standard InChI is InChI=1S/C26H42BrNO2S/c1-17(2)21-15-22(18(3)4)26(23(16-21)19(5)6)31(29,30)28-14-10-13-24(28)25(27)20-11-8-7-9-12-20/h15-20,24-25H,7-14H2,1-6H3/t24-,25+/m1/s1. The second kappa shape index (κ2) is 10.3. The molecule has 1 heterocycles. The van der Waals surface area contributed by atoms with Gasteiger partial charge in [0.1, 0.15) is 0 Å². The van der Waals surface area contributed by atoms with Crippen LogP contribution in [-0.4, -0.2) is 30.1 Å². The lowest BCUT2D eigenvalue weighted by Crippen LogP contribution is -2.44. The molecule has 1 aromatic rings. The highest BCUT2D eigenvalue weighted by atomic mass is 79.9. The van der Waals surface area contributed by atoms with E-state index in [4.69, 9.17) is 0 Å². The molecule has 0 radical (unpaired) electrons. The molecule has 2 aliphatic rings. The van der Waals surface area contributed by atoms with Crippen molar-refractivity contribution in [1.29, 1.82) is 0 Å². The maximum atomic E-state index is 14.3. The molecule has 176 valence electrons. The average molecular weight is 513 g/mol. The number of alkyl halides is 1. The molecule has 3 nitrogen and oxygen atoms in total. The molecule has 1 saturated heterocycles. The Morgan fingerprint density at radius 1 is 0.839 bits per heavy atom. The van der Waals surface area contributed by atoms with Gasteiger partial charge in [-0.05, 0) is 66.0 Å². The fourth-order valence-electron chi connectivity index (χ4n) is 5.45. The van der Waals surface area contributed by atoms with Crippen molar-refractivity contribution in [2.45, 2.75) is 120 Å². The van der Waals surface area contributed by atoms with E-state index in [1.807, 2.05) is 4.31 Å². The van der Waals surface area contributed by atoms with Gasteiger partial charge in [0.05, 0.1) is 4.90 Å². The van der Waals surface area contributed by atoms with Crippen molar-refractivity contribution >= 4 is 26.0 Å². The average Bonchev–Trinajstić information content (AvgIpc) is 3.23. The number of halogens is 1. The van der Waals surface area contributed by atoms with Gasteiger partial charge in [-0.1, -0.05) is 88.9 Å². The number of hydrogen-bond donors (Lipinski definition) is 0. The van der Waals surface area contributed by atoms with Gasteiger partial charge in [-0.3, -0.25) is 0 Å². The summed E-state index contributed by atoms with van der Waals surface area (Å²) in [7, 11) is -3.56. The molecule has 1 aliphatic carbocycles. The molecule has 0 spiro atoms. The molecule has 0 bridgehead atoms. The molecule has 2 atom stereocenters. The van der Waals surface area contributed by atoms with Crippen LogP contribution in [0.4, 0.5) is 0 Å². The van der Waals surface area contributed by atoms with Crippen LogP contribution in [0.3, 0.4) is 0 Å². The van der Waals surface area contributed by atoms with Crippen LogP contribution in [0.2, 0.25) is 0 Å². The fourth-order valence-corrected chi connectivity index (χ4v) is 9.07. The van der Waals surface area contributed by atoms with E-state index in [1.54, 1.807) is 0 Å². The van der Waals surface area contributed by atoms with Crippen LogP contribution in [0.15, 0.2) is 17.0 Å². The van der Waals surface area contributed by atoms with Crippen LogP contribution >= 0.6 is 15.9 Å². The molecular weight excluding hydrogens is 470 g/mol. The van der Waals surface area contributed by atoms with Crippen molar-refractivity contribution in [2.75, 3.05) is 6.54 Å². The van der Waals surface area contributed by atoms with Crippen molar-refractivity contribution in [3.63, 3.8) is 0 Å². The van der Waals surface area contributed by atoms with Gasteiger partial charge >= 0.3 is 0 Å². The van der Waals surface area contributed by atoms with Gasteiger partial charge in [-0.15, -0.1) is 0 Å². The van der Waals surface area contributed by atoms with Crippen LogP contribution in [-0.2, 0) is 10.0 Å². The summed E-state index contributed by atoms with van der Waals surface area (Å²) in [6, 6.07) is 4.38. The Bertz CT molecular complexity index is 827. The third kappa shape index (κ3) is 5.24. The lowest BCUT2D eigenvalue weighted by Gasteiger charge is -2.35. The van der Waals surface area contributed by atoms with Gasteiger partial charge in [0.15, 0.2) is 0 Å². The topological polar surface area (TPSA) is 37.4 Å². The lowest BCUT2D eigenvalue weighted by atomic mass is 9.84. The number of hydrogen-bond acceptors (Lipinski definition) is 2. The first kappa shape index (κ1) is 25.2. The molecule has 2 fully saturated rings. The van der Waals surface area contributed by atoms with Crippen molar-refractivity contribution in [2.24, 2.45) is 5.92 Å². The Balaban J connectivity index is 2.07. The summed E-state index contributed by atoms with van der Waals surface area (Å²) in [4.78, 5) is 0.849. The van der Waals surface area contributed by atoms with E-state index < -0.39 is 10.0 Å². The number of rotatable bonds is 7. The van der Waals surface area contributed by atoms with E-state index in [-0.39, 0.29) is 22.7 Å². The van der Waals surface area contributed by atoms with Crippen LogP contribution in [0.25, 0.3) is 0 Å². The summed E-state index contributed by atoms with van der Waals surface area (Å²) in [5.41, 5.74) is 3.22. The van der Waals surface area contributed by atoms with E-state index in [0.29, 0.717) is 23.3 Å². The molecular formula is C26H42BrNO2S. The molecule has 5 heteroatoms. The quantitative estimate of drug-likeness (QED) is 0.354. The summed E-state index contributed by atoms with van der Waals surface area (Å²) in [5, 5.41) is 0. The van der Waals surface area contributed by atoms with Gasteiger partial charge in [-0.25, -0.2) is 8.42 Å². The summed E-state index contributed by atoms with van der Waals surface area (Å²) in [5.74, 6) is 1.30. The zero-order valence-corrected chi connectivity index (χ0v) is 22.7. The van der Waals surface area contributed by atoms with Crippen LogP contribution in [0.5, 0.6) is 0 Å². The zero-order valence-electron chi connectivity index (χ0n) is 20.3. The summed E-state index contributed by atoms with van der Waals surface area (Å²) >= 11 is 3.99. The van der Waals surface area contributed by atoms with E-state index in [1.165, 1.54) is 37.7 Å². The second-order valence-electron chi connectivity index (χ2n) is 10.7. The smallest absolute Gasteiger partial charge is 0.207 e. The maximum Gasteiger partial charge on any atom is 0.243 e. The van der Waals surface area contributed by atoms with Gasteiger partial charge in [0.2, 0.25) is 10.0 Å². The van der Waals surface area contributed by atoms with E-state index in [0.717, 1.165) is 24.0 Å². The molecule has 0 unspecified atom stereocenters. The summed E-state index contributed by atoms with van der Waals surface area (Å²) in [6.07, 6.45) is 8.23. The molecule has 0 N–H and O–H groups in total. The Labute approximate surface area is 199 Å². The molecule has 31 heavy (non-hydrogen) atoms. The molecule has 3 rings (SSSR count). The predicted octanol–water partition coefficient (Wildman–Crippen LogP) is 7.55. The van der Waals surface area contributed by atoms with Crippen LogP contribution in [0.1, 0.15) is 121 Å². The molecule has 0 aromatic heterocycles. The van der Waals surface area contributed by atoms with Crippen molar-refractivity contribution in [1.82, 2.24) is 4.31 Å². The highest BCUT2D eigenvalue weighted by Gasteiger charge is 2.43. The number of nitrogens with zero attached hydrogens (tertiary/aromatic N) is 1. The largest absolute Gasteiger partial charge is 0.243 e. The van der Waals surface area contributed by atoms with Crippen molar-refractivity contribution < 1.29 is 8.42 Å². The normalized spacial score (nSPS) is 22.7. The van der Waals surface area contributed by atoms with Gasteiger partial charge in [0.25, 0.3) is 0 Å². The van der Waals surface area contributed by atoms with Crippen LogP contribution < -0.4 is 0 Å². The third-order valence-corrected chi connectivity index (χ3v) is 10.8. The van der Waals surface area contributed by atoms with Gasteiger partial charge in [-0.2, -0.15) is 4.31 Å². The first-order valence-electron chi connectivity index (χ1n) is 12.4. The second-order valence-corrected chi connectivity index (χ2v) is 13.5. The van der Waals surface area contributed by atoms with Gasteiger partial charge < -0.3 is 0 Å². The monoisotopic (exact) mass is 511 g/mol. The van der Waals surface area contributed by atoms with Crippen LogP contribution in [0, 0.1) is 5.92 Å². The zero-order chi connectivity index (χ0) is 22.9. The molecule has 0 amide bonds. The minimum Gasteiger partial charge on any atom is -0.207 e. The highest BCUT2D eigenvalue weighted by molar-refractivity contribution is 9.09. The number of benzene rings is 1. The minimum absolute atomic E-state index is 0.0675. The number of sulfonamides is 1. The fraction of sp³-hybridized carbons (Fsp3) is 0.769. The Hall–Kier alpha value is -0.390. The Morgan fingerprint density at radius 2 is 1.39 bits per heavy atom. The van der Waals surface area contributed by atoms with Crippen molar-refractivity contribution in [3.05, 3.63) is 28.8 Å². The first-order valence-corrected chi connectivity index (χ1v) is 14.7. The van der Waals surface area contributed by atoms with E-state index in [9.17, 15) is 8.42 Å². The van der Waals surface area contributed by atoms with Gasteiger partial charge in [0, 0.05) is 17.4 Å². The highest BCUT2D eigenvalue weighted by Crippen LogP contribution is 2.42. The minimum atomic E-state index is -3.56. The van der Waals surface area contributed by atoms with E-state index >= 15 is 0 Å². The lowest BCUT2D eigenvalue weighted by molar-refractivity contribution is 0.281. The van der Waals surface area contributed by atoms with Crippen molar-refractivity contribution in [3.8, 4) is 0 Å². The Morgan fingerprint density at radius 3 is 1.87 bits per heavy atom. The molecule has 1 aromatic carbocycles. The maximum absolute atomic E-state index is 14.3. The van der Waals surface area contributed by atoms with E-state index in [2.05, 4.69) is 69.6 Å². The summed E-state index contributed by atoms with van der Waals surface area (Å²) in [6.45, 7) is 13.5. The summed E-state index contributed by atoms with van der Waals surface area (Å²) < 4.78 is 30.4. The Kier molecular flexibility index (Phi) is 8.35. The SMILES string of the molecule is CC(C)c1cc(C(C)C)c(S(=O)(=O)N2CCC[C@@H]2[C@@H](Br)C2CCCCC2)c(C(C)C)c1. The first-order chi connectivity index (χ1) is 14.6.